The number of halogens is 3. The van der Waals surface area contributed by atoms with Crippen LogP contribution >= 0.6 is 0 Å². The van der Waals surface area contributed by atoms with Crippen molar-refractivity contribution in [1.82, 2.24) is 19.6 Å². The monoisotopic (exact) mass is 279 g/mol. The van der Waals surface area contributed by atoms with Crippen LogP contribution in [0.25, 0.3) is 17.0 Å². The molecular weight excluding hydrogens is 271 g/mol. The van der Waals surface area contributed by atoms with E-state index in [2.05, 4.69) is 15.1 Å². The second-order valence-corrected chi connectivity index (χ2v) is 4.11. The van der Waals surface area contributed by atoms with Crippen LogP contribution in [0.3, 0.4) is 0 Å². The summed E-state index contributed by atoms with van der Waals surface area (Å²) >= 11 is 0. The van der Waals surface area contributed by atoms with Crippen LogP contribution in [-0.4, -0.2) is 19.6 Å². The quantitative estimate of drug-likeness (QED) is 0.742. The summed E-state index contributed by atoms with van der Waals surface area (Å²) in [5.41, 5.74) is 5.87. The van der Waals surface area contributed by atoms with Crippen molar-refractivity contribution < 1.29 is 13.2 Å². The van der Waals surface area contributed by atoms with E-state index in [1.165, 1.54) is 29.0 Å². The van der Waals surface area contributed by atoms with Crippen molar-refractivity contribution in [1.29, 1.82) is 0 Å². The Morgan fingerprint density at radius 2 is 1.65 bits per heavy atom. The summed E-state index contributed by atoms with van der Waals surface area (Å²) in [6.07, 6.45) is -1.51. The SMILES string of the molecule is Nc1cnc2ncc(-c3ccc(C(F)(F)F)cc3)nn12. The van der Waals surface area contributed by atoms with E-state index in [1.807, 2.05) is 0 Å². The number of anilines is 1. The van der Waals surface area contributed by atoms with Crippen LogP contribution in [0.1, 0.15) is 5.56 Å². The number of alkyl halides is 3. The summed E-state index contributed by atoms with van der Waals surface area (Å²) in [5, 5.41) is 4.18. The summed E-state index contributed by atoms with van der Waals surface area (Å²) in [7, 11) is 0. The predicted molar refractivity (Wildman–Crippen MR) is 65.6 cm³/mol. The fourth-order valence-corrected chi connectivity index (χ4v) is 1.75. The lowest BCUT2D eigenvalue weighted by molar-refractivity contribution is -0.137. The molecule has 0 unspecified atom stereocenters. The van der Waals surface area contributed by atoms with Gasteiger partial charge in [0.05, 0.1) is 18.0 Å². The normalized spacial score (nSPS) is 11.9. The van der Waals surface area contributed by atoms with E-state index in [0.29, 0.717) is 22.9 Å². The van der Waals surface area contributed by atoms with Gasteiger partial charge in [0.15, 0.2) is 0 Å². The molecule has 0 fully saturated rings. The fraction of sp³-hybridized carbons (Fsp3) is 0.0833. The first-order valence-corrected chi connectivity index (χ1v) is 5.59. The molecule has 2 N–H and O–H groups in total. The van der Waals surface area contributed by atoms with E-state index in [0.717, 1.165) is 12.1 Å². The van der Waals surface area contributed by atoms with Crippen LogP contribution in [0.4, 0.5) is 19.0 Å². The molecule has 0 saturated heterocycles. The van der Waals surface area contributed by atoms with Gasteiger partial charge in [-0.05, 0) is 12.1 Å². The van der Waals surface area contributed by atoms with E-state index < -0.39 is 11.7 Å². The van der Waals surface area contributed by atoms with Gasteiger partial charge in [0.1, 0.15) is 11.5 Å². The molecule has 0 radical (unpaired) electrons. The maximum Gasteiger partial charge on any atom is 0.416 e. The van der Waals surface area contributed by atoms with Gasteiger partial charge in [-0.25, -0.2) is 9.97 Å². The smallest absolute Gasteiger partial charge is 0.382 e. The molecule has 2 aromatic heterocycles. The Balaban J connectivity index is 2.04. The molecule has 3 aromatic rings. The zero-order valence-electron chi connectivity index (χ0n) is 9.96. The van der Waals surface area contributed by atoms with Crippen LogP contribution in [0, 0.1) is 0 Å². The molecule has 5 nitrogen and oxygen atoms in total. The Morgan fingerprint density at radius 1 is 1.00 bits per heavy atom. The molecule has 0 spiro atoms. The van der Waals surface area contributed by atoms with Crippen LogP contribution in [0.15, 0.2) is 36.7 Å². The molecule has 1 aromatic carbocycles. The number of fused-ring (bicyclic) bond motifs is 1. The predicted octanol–water partition coefficient (Wildman–Crippen LogP) is 2.39. The lowest BCUT2D eigenvalue weighted by atomic mass is 10.1. The number of hydrogen-bond acceptors (Lipinski definition) is 4. The highest BCUT2D eigenvalue weighted by atomic mass is 19.4. The Hall–Kier alpha value is -2.64. The standard InChI is InChI=1S/C12H8F3N5/c13-12(14,15)8-3-1-7(2-4-8)9-5-17-11-18-6-10(16)20(11)19-9/h1-6H,16H2. The van der Waals surface area contributed by atoms with Gasteiger partial charge in [0.2, 0.25) is 0 Å². The van der Waals surface area contributed by atoms with Crippen molar-refractivity contribution in [2.45, 2.75) is 6.18 Å². The maximum atomic E-state index is 12.5. The average Bonchev–Trinajstić information content (AvgIpc) is 2.79. The van der Waals surface area contributed by atoms with E-state index >= 15 is 0 Å². The van der Waals surface area contributed by atoms with E-state index in [-0.39, 0.29) is 0 Å². The Bertz CT molecular complexity index is 761. The van der Waals surface area contributed by atoms with Crippen molar-refractivity contribution in [3.8, 4) is 11.3 Å². The van der Waals surface area contributed by atoms with Gasteiger partial charge in [0.25, 0.3) is 5.78 Å². The van der Waals surface area contributed by atoms with Gasteiger partial charge >= 0.3 is 6.18 Å². The van der Waals surface area contributed by atoms with Crippen molar-refractivity contribution in [2.24, 2.45) is 0 Å². The molecule has 2 heterocycles. The number of imidazole rings is 1. The Kier molecular flexibility index (Phi) is 2.60. The number of hydrogen-bond donors (Lipinski definition) is 1. The van der Waals surface area contributed by atoms with Gasteiger partial charge in [-0.1, -0.05) is 12.1 Å². The van der Waals surface area contributed by atoms with Gasteiger partial charge in [0, 0.05) is 5.56 Å². The molecule has 0 bridgehead atoms. The number of nitrogens with two attached hydrogens (primary N) is 1. The lowest BCUT2D eigenvalue weighted by Crippen LogP contribution is -2.04. The second kappa shape index (κ2) is 4.19. The minimum atomic E-state index is -4.36. The van der Waals surface area contributed by atoms with Crippen molar-refractivity contribution >= 4 is 11.6 Å². The molecule has 0 amide bonds. The molecule has 20 heavy (non-hydrogen) atoms. The summed E-state index contributed by atoms with van der Waals surface area (Å²) < 4.78 is 38.8. The molecular formula is C12H8F3N5. The zero-order chi connectivity index (χ0) is 14.3. The first kappa shape index (κ1) is 12.4. The van der Waals surface area contributed by atoms with Gasteiger partial charge < -0.3 is 5.73 Å². The molecule has 0 aliphatic heterocycles. The van der Waals surface area contributed by atoms with Gasteiger partial charge in [-0.2, -0.15) is 22.8 Å². The van der Waals surface area contributed by atoms with E-state index in [4.69, 9.17) is 5.73 Å². The zero-order valence-corrected chi connectivity index (χ0v) is 9.96. The fourth-order valence-electron chi connectivity index (χ4n) is 1.75. The van der Waals surface area contributed by atoms with Crippen molar-refractivity contribution in [3.05, 3.63) is 42.2 Å². The number of aromatic nitrogens is 4. The summed E-state index contributed by atoms with van der Waals surface area (Å²) in [5.74, 6) is 0.638. The molecule has 0 aliphatic carbocycles. The summed E-state index contributed by atoms with van der Waals surface area (Å²) in [4.78, 5) is 7.95. The molecule has 0 aliphatic rings. The first-order valence-electron chi connectivity index (χ1n) is 5.59. The molecule has 8 heteroatoms. The number of benzene rings is 1. The first-order chi connectivity index (χ1) is 9.45. The topological polar surface area (TPSA) is 69.1 Å². The van der Waals surface area contributed by atoms with Gasteiger partial charge in [-0.15, -0.1) is 0 Å². The van der Waals surface area contributed by atoms with E-state index in [1.54, 1.807) is 0 Å². The minimum Gasteiger partial charge on any atom is -0.382 e. The van der Waals surface area contributed by atoms with Crippen LogP contribution in [0.2, 0.25) is 0 Å². The highest BCUT2D eigenvalue weighted by Gasteiger charge is 2.30. The van der Waals surface area contributed by atoms with Gasteiger partial charge in [-0.3, -0.25) is 0 Å². The summed E-state index contributed by atoms with van der Waals surface area (Å²) in [6, 6.07) is 4.68. The van der Waals surface area contributed by atoms with Crippen LogP contribution in [0.5, 0.6) is 0 Å². The lowest BCUT2D eigenvalue weighted by Gasteiger charge is -2.07. The average molecular weight is 279 g/mol. The second-order valence-electron chi connectivity index (χ2n) is 4.11. The van der Waals surface area contributed by atoms with Crippen LogP contribution in [-0.2, 0) is 6.18 Å². The molecule has 3 rings (SSSR count). The number of nitrogens with zero attached hydrogens (tertiary/aromatic N) is 4. The minimum absolute atomic E-state index is 0.307. The molecule has 0 saturated carbocycles. The molecule has 102 valence electrons. The molecule has 0 atom stereocenters. The Morgan fingerprint density at radius 3 is 2.30 bits per heavy atom. The summed E-state index contributed by atoms with van der Waals surface area (Å²) in [6.45, 7) is 0. The highest BCUT2D eigenvalue weighted by Crippen LogP contribution is 2.30. The van der Waals surface area contributed by atoms with Crippen LogP contribution < -0.4 is 5.73 Å². The largest absolute Gasteiger partial charge is 0.416 e. The number of rotatable bonds is 1. The Labute approximate surface area is 110 Å². The number of nitrogen functional groups attached to an aromatic ring is 1. The maximum absolute atomic E-state index is 12.5. The third-order valence-electron chi connectivity index (χ3n) is 2.76. The van der Waals surface area contributed by atoms with E-state index in [9.17, 15) is 13.2 Å². The third-order valence-corrected chi connectivity index (χ3v) is 2.76. The third kappa shape index (κ3) is 2.04. The highest BCUT2D eigenvalue weighted by molar-refractivity contribution is 5.59. The van der Waals surface area contributed by atoms with Crippen molar-refractivity contribution in [3.63, 3.8) is 0 Å². The van der Waals surface area contributed by atoms with Crippen molar-refractivity contribution in [2.75, 3.05) is 5.73 Å².